The summed E-state index contributed by atoms with van der Waals surface area (Å²) in [6.07, 6.45) is 2.27. The highest BCUT2D eigenvalue weighted by Gasteiger charge is 2.30. The number of aromatic nitrogens is 2. The molecule has 3 nitrogen and oxygen atoms in total. The van der Waals surface area contributed by atoms with Crippen molar-refractivity contribution in [3.8, 4) is 5.69 Å². The van der Waals surface area contributed by atoms with Crippen LogP contribution in [0.1, 0.15) is 24.6 Å². The van der Waals surface area contributed by atoms with Crippen LogP contribution in [0.3, 0.4) is 0 Å². The zero-order valence-corrected chi connectivity index (χ0v) is 11.9. The number of nitrogens with two attached hydrogens (primary N) is 1. The largest absolute Gasteiger partial charge is 0.399 e. The third-order valence-corrected chi connectivity index (χ3v) is 4.10. The van der Waals surface area contributed by atoms with Crippen molar-refractivity contribution in [1.29, 1.82) is 0 Å². The number of rotatable bonds is 2. The van der Waals surface area contributed by atoms with Crippen molar-refractivity contribution < 1.29 is 4.39 Å². The maximum Gasteiger partial charge on any atom is 0.141 e. The molecule has 0 unspecified atom stereocenters. The van der Waals surface area contributed by atoms with Gasteiger partial charge >= 0.3 is 0 Å². The minimum absolute atomic E-state index is 0.117. The van der Waals surface area contributed by atoms with Gasteiger partial charge in [-0.1, -0.05) is 11.6 Å². The van der Waals surface area contributed by atoms with E-state index in [1.54, 1.807) is 12.1 Å². The molecule has 1 saturated carbocycles. The third kappa shape index (κ3) is 2.07. The topological polar surface area (TPSA) is 43.8 Å². The molecule has 0 amide bonds. The van der Waals surface area contributed by atoms with Crippen molar-refractivity contribution >= 4 is 28.3 Å². The van der Waals surface area contributed by atoms with Crippen molar-refractivity contribution in [2.24, 2.45) is 0 Å². The number of fused-ring (bicyclic) bond motifs is 1. The van der Waals surface area contributed by atoms with Crippen molar-refractivity contribution in [1.82, 2.24) is 9.55 Å². The molecule has 3 aromatic rings. The molecular formula is C16H13ClFN3. The van der Waals surface area contributed by atoms with Gasteiger partial charge in [-0.25, -0.2) is 9.37 Å². The predicted molar refractivity (Wildman–Crippen MR) is 82.4 cm³/mol. The minimum atomic E-state index is -0.415. The second-order valence-corrected chi connectivity index (χ2v) is 5.83. The Hall–Kier alpha value is -2.07. The van der Waals surface area contributed by atoms with Crippen LogP contribution in [-0.2, 0) is 0 Å². The number of imidazole rings is 1. The monoisotopic (exact) mass is 301 g/mol. The van der Waals surface area contributed by atoms with Crippen LogP contribution in [0.25, 0.3) is 16.7 Å². The Kier molecular flexibility index (Phi) is 2.69. The van der Waals surface area contributed by atoms with Gasteiger partial charge in [0.2, 0.25) is 0 Å². The van der Waals surface area contributed by atoms with Gasteiger partial charge < -0.3 is 5.73 Å². The van der Waals surface area contributed by atoms with E-state index in [2.05, 4.69) is 4.57 Å². The van der Waals surface area contributed by atoms with E-state index >= 15 is 0 Å². The average molecular weight is 302 g/mol. The van der Waals surface area contributed by atoms with Gasteiger partial charge in [-0.15, -0.1) is 0 Å². The molecule has 0 bridgehead atoms. The Labute approximate surface area is 126 Å². The summed E-state index contributed by atoms with van der Waals surface area (Å²) in [6, 6.07) is 10.4. The van der Waals surface area contributed by atoms with Crippen molar-refractivity contribution in [2.45, 2.75) is 18.8 Å². The highest BCUT2D eigenvalue weighted by molar-refractivity contribution is 6.30. The third-order valence-electron chi connectivity index (χ3n) is 3.81. The first kappa shape index (κ1) is 12.7. The molecule has 0 aliphatic heterocycles. The van der Waals surface area contributed by atoms with Crippen molar-refractivity contribution in [2.75, 3.05) is 5.73 Å². The Morgan fingerprint density at radius 2 is 2.00 bits per heavy atom. The standard InChI is InChI=1S/C16H13ClFN3/c17-12-8-11(4-5-13(12)18)21-15-6-3-10(19)7-14(15)20-16(21)9-1-2-9/h3-9H,1-2,19H2. The van der Waals surface area contributed by atoms with Crippen LogP contribution in [0.4, 0.5) is 10.1 Å². The van der Waals surface area contributed by atoms with E-state index < -0.39 is 5.82 Å². The summed E-state index contributed by atoms with van der Waals surface area (Å²) in [5, 5.41) is 0.117. The fourth-order valence-corrected chi connectivity index (χ4v) is 2.80. The highest BCUT2D eigenvalue weighted by Crippen LogP contribution is 2.42. The van der Waals surface area contributed by atoms with Gasteiger partial charge in [0.1, 0.15) is 11.6 Å². The van der Waals surface area contributed by atoms with E-state index in [-0.39, 0.29) is 5.02 Å². The van der Waals surface area contributed by atoms with E-state index in [9.17, 15) is 4.39 Å². The molecular weight excluding hydrogens is 289 g/mol. The molecule has 0 spiro atoms. The molecule has 1 aromatic heterocycles. The molecule has 1 fully saturated rings. The van der Waals surface area contributed by atoms with Gasteiger partial charge in [-0.05, 0) is 49.2 Å². The zero-order valence-electron chi connectivity index (χ0n) is 11.2. The molecule has 0 atom stereocenters. The quantitative estimate of drug-likeness (QED) is 0.718. The van der Waals surface area contributed by atoms with Crippen LogP contribution >= 0.6 is 11.6 Å². The first-order chi connectivity index (χ1) is 10.1. The predicted octanol–water partition coefficient (Wildman–Crippen LogP) is 4.28. The van der Waals surface area contributed by atoms with Crippen LogP contribution in [0.5, 0.6) is 0 Å². The Morgan fingerprint density at radius 1 is 1.19 bits per heavy atom. The van der Waals surface area contributed by atoms with Crippen molar-refractivity contribution in [3.63, 3.8) is 0 Å². The Bertz CT molecular complexity index is 852. The van der Waals surface area contributed by atoms with Gasteiger partial charge in [0.05, 0.1) is 16.1 Å². The Morgan fingerprint density at radius 3 is 2.71 bits per heavy atom. The number of benzene rings is 2. The van der Waals surface area contributed by atoms with E-state index in [4.69, 9.17) is 22.3 Å². The average Bonchev–Trinajstić information content (AvgIpc) is 3.23. The highest BCUT2D eigenvalue weighted by atomic mass is 35.5. The summed E-state index contributed by atoms with van der Waals surface area (Å²) < 4.78 is 15.5. The molecule has 1 aliphatic rings. The van der Waals surface area contributed by atoms with E-state index in [1.807, 2.05) is 18.2 Å². The molecule has 0 radical (unpaired) electrons. The van der Waals surface area contributed by atoms with Gasteiger partial charge in [0.15, 0.2) is 0 Å². The number of nitrogen functional groups attached to an aromatic ring is 1. The SMILES string of the molecule is Nc1ccc2c(c1)nc(C1CC1)n2-c1ccc(F)c(Cl)c1. The molecule has 21 heavy (non-hydrogen) atoms. The first-order valence-corrected chi connectivity index (χ1v) is 7.24. The number of hydrogen-bond donors (Lipinski definition) is 1. The number of hydrogen-bond acceptors (Lipinski definition) is 2. The number of halogens is 2. The van der Waals surface area contributed by atoms with Crippen LogP contribution < -0.4 is 5.73 Å². The van der Waals surface area contributed by atoms with Gasteiger partial charge in [-0.2, -0.15) is 0 Å². The molecule has 0 saturated heterocycles. The lowest BCUT2D eigenvalue weighted by Crippen LogP contribution is -2.00. The molecule has 1 aliphatic carbocycles. The fraction of sp³-hybridized carbons (Fsp3) is 0.188. The second-order valence-electron chi connectivity index (χ2n) is 5.43. The number of anilines is 1. The second kappa shape index (κ2) is 4.46. The summed E-state index contributed by atoms with van der Waals surface area (Å²) >= 11 is 5.93. The summed E-state index contributed by atoms with van der Waals surface area (Å²) in [6.45, 7) is 0. The number of nitrogens with zero attached hydrogens (tertiary/aromatic N) is 2. The maximum atomic E-state index is 13.4. The molecule has 4 rings (SSSR count). The molecule has 2 aromatic carbocycles. The summed E-state index contributed by atoms with van der Waals surface area (Å²) in [7, 11) is 0. The van der Waals surface area contributed by atoms with Crippen molar-refractivity contribution in [3.05, 3.63) is 53.1 Å². The van der Waals surface area contributed by atoms with E-state index in [1.165, 1.54) is 6.07 Å². The maximum absolute atomic E-state index is 13.4. The molecule has 5 heteroatoms. The van der Waals surface area contributed by atoms with Crippen LogP contribution in [0.15, 0.2) is 36.4 Å². The minimum Gasteiger partial charge on any atom is -0.399 e. The van der Waals surface area contributed by atoms with Gasteiger partial charge in [0, 0.05) is 17.3 Å². The molecule has 1 heterocycles. The lowest BCUT2D eigenvalue weighted by Gasteiger charge is -2.09. The van der Waals surface area contributed by atoms with Gasteiger partial charge in [0.25, 0.3) is 0 Å². The fourth-order valence-electron chi connectivity index (χ4n) is 2.63. The van der Waals surface area contributed by atoms with Crippen LogP contribution in [-0.4, -0.2) is 9.55 Å². The smallest absolute Gasteiger partial charge is 0.141 e. The van der Waals surface area contributed by atoms with E-state index in [0.717, 1.165) is 35.4 Å². The molecule has 106 valence electrons. The van der Waals surface area contributed by atoms with E-state index in [0.29, 0.717) is 11.6 Å². The summed E-state index contributed by atoms with van der Waals surface area (Å²) in [5.41, 5.74) is 9.18. The normalized spacial score (nSPS) is 14.8. The summed E-state index contributed by atoms with van der Waals surface area (Å²) in [4.78, 5) is 4.71. The van der Waals surface area contributed by atoms with Crippen LogP contribution in [0, 0.1) is 5.82 Å². The first-order valence-electron chi connectivity index (χ1n) is 6.87. The van der Waals surface area contributed by atoms with Gasteiger partial charge in [-0.3, -0.25) is 4.57 Å². The summed E-state index contributed by atoms with van der Waals surface area (Å²) in [5.74, 6) is 1.04. The lowest BCUT2D eigenvalue weighted by atomic mass is 10.2. The molecule has 2 N–H and O–H groups in total. The van der Waals surface area contributed by atoms with Crippen LogP contribution in [0.2, 0.25) is 5.02 Å². The zero-order chi connectivity index (χ0) is 14.6. The Balaban J connectivity index is 2.01. The lowest BCUT2D eigenvalue weighted by molar-refractivity contribution is 0.627.